The molecular weight excluding hydrogens is 250 g/mol. The molecule has 2 atom stereocenters. The number of primary sulfonamides is 1. The second-order valence-electron chi connectivity index (χ2n) is 4.94. The molecule has 1 aliphatic heterocycles. The molecule has 18 heavy (non-hydrogen) atoms. The summed E-state index contributed by atoms with van der Waals surface area (Å²) in [6.07, 6.45) is 1.19. The second-order valence-corrected chi connectivity index (χ2v) is 6.72. The Morgan fingerprint density at radius 1 is 1.33 bits per heavy atom. The number of benzene rings is 1. The maximum Gasteiger partial charge on any atom is 0.212 e. The van der Waals surface area contributed by atoms with Gasteiger partial charge in [-0.25, -0.2) is 13.6 Å². The fourth-order valence-corrected chi connectivity index (χ4v) is 3.56. The third kappa shape index (κ3) is 3.31. The van der Waals surface area contributed by atoms with E-state index in [9.17, 15) is 8.42 Å². The molecule has 1 saturated heterocycles. The van der Waals surface area contributed by atoms with Gasteiger partial charge in [0.15, 0.2) is 0 Å². The summed E-state index contributed by atoms with van der Waals surface area (Å²) in [4.78, 5) is 0. The van der Waals surface area contributed by atoms with Crippen molar-refractivity contribution in [2.45, 2.75) is 25.0 Å². The van der Waals surface area contributed by atoms with Crippen molar-refractivity contribution < 1.29 is 13.2 Å². The first kappa shape index (κ1) is 13.5. The van der Waals surface area contributed by atoms with Gasteiger partial charge in [0.1, 0.15) is 0 Å². The third-order valence-electron chi connectivity index (χ3n) is 3.44. The fourth-order valence-electron chi connectivity index (χ4n) is 2.43. The SMILES string of the molecule is Cc1ccc(CC2COCCC2S(N)(=O)=O)cc1. The number of sulfonamides is 1. The van der Waals surface area contributed by atoms with Gasteiger partial charge in [-0.2, -0.15) is 0 Å². The van der Waals surface area contributed by atoms with Crippen LogP contribution in [-0.4, -0.2) is 26.9 Å². The van der Waals surface area contributed by atoms with E-state index in [2.05, 4.69) is 0 Å². The van der Waals surface area contributed by atoms with Crippen molar-refractivity contribution in [1.82, 2.24) is 0 Å². The van der Waals surface area contributed by atoms with Crippen molar-refractivity contribution in [3.63, 3.8) is 0 Å². The third-order valence-corrected chi connectivity index (χ3v) is 4.91. The standard InChI is InChI=1S/C13H19NO3S/c1-10-2-4-11(5-3-10)8-12-9-17-7-6-13(12)18(14,15)16/h2-5,12-13H,6-9H2,1H3,(H2,14,15,16). The van der Waals surface area contributed by atoms with Crippen LogP contribution in [-0.2, 0) is 21.2 Å². The highest BCUT2D eigenvalue weighted by Crippen LogP contribution is 2.24. The lowest BCUT2D eigenvalue weighted by molar-refractivity contribution is 0.0572. The van der Waals surface area contributed by atoms with Crippen molar-refractivity contribution in [1.29, 1.82) is 0 Å². The van der Waals surface area contributed by atoms with Crippen LogP contribution in [0.2, 0.25) is 0 Å². The van der Waals surface area contributed by atoms with Gasteiger partial charge in [-0.3, -0.25) is 0 Å². The smallest absolute Gasteiger partial charge is 0.212 e. The molecule has 1 heterocycles. The lowest BCUT2D eigenvalue weighted by Crippen LogP contribution is -2.42. The van der Waals surface area contributed by atoms with E-state index >= 15 is 0 Å². The van der Waals surface area contributed by atoms with Crippen LogP contribution >= 0.6 is 0 Å². The fraction of sp³-hybridized carbons (Fsp3) is 0.538. The Morgan fingerprint density at radius 3 is 2.61 bits per heavy atom. The van der Waals surface area contributed by atoms with E-state index < -0.39 is 15.3 Å². The van der Waals surface area contributed by atoms with E-state index in [1.54, 1.807) is 0 Å². The van der Waals surface area contributed by atoms with Gasteiger partial charge in [0.2, 0.25) is 10.0 Å². The summed E-state index contributed by atoms with van der Waals surface area (Å²) in [7, 11) is -3.48. The first-order valence-electron chi connectivity index (χ1n) is 6.12. The molecule has 0 amide bonds. The van der Waals surface area contributed by atoms with Crippen LogP contribution in [0.1, 0.15) is 17.5 Å². The summed E-state index contributed by atoms with van der Waals surface area (Å²) in [5, 5.41) is 4.82. The van der Waals surface area contributed by atoms with Crippen LogP contribution in [0.3, 0.4) is 0 Å². The first-order chi connectivity index (χ1) is 8.47. The molecule has 0 spiro atoms. The van der Waals surface area contributed by atoms with E-state index in [1.165, 1.54) is 5.56 Å². The maximum absolute atomic E-state index is 11.6. The number of aryl methyl sites for hydroxylation is 1. The summed E-state index contributed by atoms with van der Waals surface area (Å²) < 4.78 is 28.5. The Bertz CT molecular complexity index is 495. The molecule has 1 aromatic rings. The summed E-state index contributed by atoms with van der Waals surface area (Å²) in [6, 6.07) is 8.13. The topological polar surface area (TPSA) is 69.4 Å². The van der Waals surface area contributed by atoms with Gasteiger partial charge in [0, 0.05) is 12.5 Å². The van der Waals surface area contributed by atoms with E-state index in [0.29, 0.717) is 26.1 Å². The summed E-state index contributed by atoms with van der Waals surface area (Å²) in [6.45, 7) is 2.97. The molecule has 2 unspecified atom stereocenters. The van der Waals surface area contributed by atoms with Gasteiger partial charge in [-0.1, -0.05) is 29.8 Å². The lowest BCUT2D eigenvalue weighted by atomic mass is 9.93. The van der Waals surface area contributed by atoms with Gasteiger partial charge in [-0.15, -0.1) is 0 Å². The molecule has 1 aromatic carbocycles. The van der Waals surface area contributed by atoms with Crippen molar-refractivity contribution in [2.75, 3.05) is 13.2 Å². The van der Waals surface area contributed by atoms with Crippen molar-refractivity contribution >= 4 is 10.0 Å². The van der Waals surface area contributed by atoms with Crippen LogP contribution in [0.15, 0.2) is 24.3 Å². The van der Waals surface area contributed by atoms with Crippen LogP contribution in [0, 0.1) is 12.8 Å². The number of ether oxygens (including phenoxy) is 1. The molecule has 0 saturated carbocycles. The zero-order valence-corrected chi connectivity index (χ0v) is 11.3. The lowest BCUT2D eigenvalue weighted by Gasteiger charge is -2.29. The van der Waals surface area contributed by atoms with Gasteiger partial charge in [0.05, 0.1) is 11.9 Å². The van der Waals surface area contributed by atoms with Gasteiger partial charge < -0.3 is 4.74 Å². The number of hydrogen-bond donors (Lipinski definition) is 1. The monoisotopic (exact) mass is 269 g/mol. The summed E-state index contributed by atoms with van der Waals surface area (Å²) in [5.74, 6) is -0.0449. The van der Waals surface area contributed by atoms with E-state index in [1.807, 2.05) is 31.2 Å². The average molecular weight is 269 g/mol. The molecule has 1 aliphatic rings. The quantitative estimate of drug-likeness (QED) is 0.897. The van der Waals surface area contributed by atoms with Gasteiger partial charge in [0.25, 0.3) is 0 Å². The highest BCUT2D eigenvalue weighted by molar-refractivity contribution is 7.89. The van der Waals surface area contributed by atoms with E-state index in [-0.39, 0.29) is 5.92 Å². The zero-order valence-electron chi connectivity index (χ0n) is 10.5. The molecule has 0 aliphatic carbocycles. The minimum Gasteiger partial charge on any atom is -0.381 e. The summed E-state index contributed by atoms with van der Waals surface area (Å²) in [5.41, 5.74) is 2.33. The van der Waals surface area contributed by atoms with Crippen molar-refractivity contribution in [2.24, 2.45) is 11.1 Å². The van der Waals surface area contributed by atoms with Crippen molar-refractivity contribution in [3.8, 4) is 0 Å². The highest BCUT2D eigenvalue weighted by Gasteiger charge is 2.33. The normalized spacial score (nSPS) is 25.0. The number of rotatable bonds is 3. The van der Waals surface area contributed by atoms with E-state index in [0.717, 1.165) is 5.56 Å². The minimum atomic E-state index is -3.48. The predicted molar refractivity (Wildman–Crippen MR) is 70.7 cm³/mol. The molecular formula is C13H19NO3S. The van der Waals surface area contributed by atoms with Crippen molar-refractivity contribution in [3.05, 3.63) is 35.4 Å². The largest absolute Gasteiger partial charge is 0.381 e. The Balaban J connectivity index is 2.13. The number of hydrogen-bond acceptors (Lipinski definition) is 3. The molecule has 1 fully saturated rings. The molecule has 5 heteroatoms. The van der Waals surface area contributed by atoms with Crippen LogP contribution in [0.25, 0.3) is 0 Å². The minimum absolute atomic E-state index is 0.0449. The zero-order chi connectivity index (χ0) is 13.2. The maximum atomic E-state index is 11.6. The summed E-state index contributed by atoms with van der Waals surface area (Å²) >= 11 is 0. The molecule has 4 nitrogen and oxygen atoms in total. The van der Waals surface area contributed by atoms with Crippen LogP contribution in [0.4, 0.5) is 0 Å². The Morgan fingerprint density at radius 2 is 2.00 bits per heavy atom. The molecule has 2 N–H and O–H groups in total. The van der Waals surface area contributed by atoms with Crippen LogP contribution in [0.5, 0.6) is 0 Å². The molecule has 0 aromatic heterocycles. The number of nitrogens with two attached hydrogens (primary N) is 1. The van der Waals surface area contributed by atoms with Crippen LogP contribution < -0.4 is 5.14 Å². The Labute approximate surface area is 108 Å². The molecule has 100 valence electrons. The first-order valence-corrected chi connectivity index (χ1v) is 7.72. The van der Waals surface area contributed by atoms with E-state index in [4.69, 9.17) is 9.88 Å². The Hall–Kier alpha value is -0.910. The predicted octanol–water partition coefficient (Wildman–Crippen LogP) is 1.23. The van der Waals surface area contributed by atoms with Gasteiger partial charge >= 0.3 is 0 Å². The molecule has 0 bridgehead atoms. The second kappa shape index (κ2) is 5.38. The van der Waals surface area contributed by atoms with Gasteiger partial charge in [-0.05, 0) is 25.3 Å². The average Bonchev–Trinajstić information content (AvgIpc) is 2.31. The molecule has 0 radical (unpaired) electrons. The molecule has 2 rings (SSSR count). The Kier molecular flexibility index (Phi) is 4.04. The highest BCUT2D eigenvalue weighted by atomic mass is 32.2.